The lowest BCUT2D eigenvalue weighted by molar-refractivity contribution is 1.33. The van der Waals surface area contributed by atoms with Crippen molar-refractivity contribution in [2.75, 3.05) is 0 Å². The summed E-state index contributed by atoms with van der Waals surface area (Å²) in [6, 6.07) is 29.9. The first kappa shape index (κ1) is 14.4. The van der Waals surface area contributed by atoms with Crippen molar-refractivity contribution in [2.45, 2.75) is 0 Å². The van der Waals surface area contributed by atoms with Gasteiger partial charge in [0.1, 0.15) is 0 Å². The molecule has 2 heterocycles. The van der Waals surface area contributed by atoms with Gasteiger partial charge in [-0.2, -0.15) is 0 Å². The molecule has 25 heavy (non-hydrogen) atoms. The third-order valence-electron chi connectivity index (χ3n) is 4.56. The molecule has 0 aliphatic rings. The standard InChI is InChI=1S/C23H15NS/c1-2-10-22-19(6-1)20-8-5-7-18(23(20)25-22)16-11-13-17(14-12-16)21-9-3-4-15-24-21/h1-15H. The lowest BCUT2D eigenvalue weighted by Crippen LogP contribution is -1.83. The van der Waals surface area contributed by atoms with Crippen molar-refractivity contribution >= 4 is 31.5 Å². The molecule has 0 saturated carbocycles. The Morgan fingerprint density at radius 2 is 1.36 bits per heavy atom. The van der Waals surface area contributed by atoms with Gasteiger partial charge >= 0.3 is 0 Å². The summed E-state index contributed by atoms with van der Waals surface area (Å²) in [5.41, 5.74) is 4.70. The van der Waals surface area contributed by atoms with Gasteiger partial charge in [-0.05, 0) is 29.3 Å². The maximum atomic E-state index is 4.43. The molecular formula is C23H15NS. The van der Waals surface area contributed by atoms with Gasteiger partial charge < -0.3 is 0 Å². The van der Waals surface area contributed by atoms with Crippen LogP contribution in [0.3, 0.4) is 0 Å². The van der Waals surface area contributed by atoms with Crippen LogP contribution in [0, 0.1) is 0 Å². The first-order valence-electron chi connectivity index (χ1n) is 8.32. The van der Waals surface area contributed by atoms with Crippen LogP contribution in [0.2, 0.25) is 0 Å². The molecule has 118 valence electrons. The number of hydrogen-bond acceptors (Lipinski definition) is 2. The number of rotatable bonds is 2. The summed E-state index contributed by atoms with van der Waals surface area (Å²) in [5.74, 6) is 0. The molecule has 5 rings (SSSR count). The molecule has 0 radical (unpaired) electrons. The van der Waals surface area contributed by atoms with E-state index in [0.717, 1.165) is 11.3 Å². The molecule has 3 aromatic carbocycles. The molecule has 0 aliphatic heterocycles. The van der Waals surface area contributed by atoms with Gasteiger partial charge in [-0.15, -0.1) is 11.3 Å². The maximum Gasteiger partial charge on any atom is 0.0701 e. The monoisotopic (exact) mass is 337 g/mol. The summed E-state index contributed by atoms with van der Waals surface area (Å²) in [4.78, 5) is 4.43. The van der Waals surface area contributed by atoms with Crippen LogP contribution in [0.1, 0.15) is 0 Å². The van der Waals surface area contributed by atoms with E-state index in [0.29, 0.717) is 0 Å². The Hall–Kier alpha value is -2.97. The molecular weight excluding hydrogens is 322 g/mol. The second kappa shape index (κ2) is 5.83. The molecule has 0 bridgehead atoms. The Labute approximate surface area is 150 Å². The Morgan fingerprint density at radius 3 is 2.20 bits per heavy atom. The average Bonchev–Trinajstić information content (AvgIpc) is 3.08. The number of thiophene rings is 1. The fourth-order valence-corrected chi connectivity index (χ4v) is 4.57. The summed E-state index contributed by atoms with van der Waals surface area (Å²) in [7, 11) is 0. The minimum absolute atomic E-state index is 1.01. The van der Waals surface area contributed by atoms with Crippen LogP contribution < -0.4 is 0 Å². The third kappa shape index (κ3) is 2.43. The Kier molecular flexibility index (Phi) is 3.36. The van der Waals surface area contributed by atoms with Gasteiger partial charge in [-0.3, -0.25) is 4.98 Å². The van der Waals surface area contributed by atoms with Gasteiger partial charge in [0.05, 0.1) is 5.69 Å². The topological polar surface area (TPSA) is 12.9 Å². The summed E-state index contributed by atoms with van der Waals surface area (Å²) in [6.07, 6.45) is 1.83. The highest BCUT2D eigenvalue weighted by molar-refractivity contribution is 7.26. The van der Waals surface area contributed by atoms with Crippen molar-refractivity contribution < 1.29 is 0 Å². The molecule has 0 aliphatic carbocycles. The average molecular weight is 337 g/mol. The highest BCUT2D eigenvalue weighted by atomic mass is 32.1. The van der Waals surface area contributed by atoms with E-state index >= 15 is 0 Å². The molecule has 0 unspecified atom stereocenters. The van der Waals surface area contributed by atoms with Crippen LogP contribution in [0.5, 0.6) is 0 Å². The van der Waals surface area contributed by atoms with Crippen molar-refractivity contribution in [3.63, 3.8) is 0 Å². The van der Waals surface area contributed by atoms with Crippen LogP contribution in [0.25, 0.3) is 42.6 Å². The molecule has 0 N–H and O–H groups in total. The van der Waals surface area contributed by atoms with Crippen molar-refractivity contribution in [3.8, 4) is 22.4 Å². The number of benzene rings is 3. The summed E-state index contributed by atoms with van der Waals surface area (Å²) in [5, 5.41) is 2.68. The van der Waals surface area contributed by atoms with E-state index in [1.54, 1.807) is 0 Å². The third-order valence-corrected chi connectivity index (χ3v) is 5.78. The molecule has 1 nitrogen and oxygen atoms in total. The van der Waals surface area contributed by atoms with Crippen LogP contribution >= 0.6 is 11.3 Å². The first-order valence-corrected chi connectivity index (χ1v) is 9.14. The van der Waals surface area contributed by atoms with Crippen LogP contribution in [-0.2, 0) is 0 Å². The van der Waals surface area contributed by atoms with Crippen molar-refractivity contribution in [1.29, 1.82) is 0 Å². The quantitative estimate of drug-likeness (QED) is 0.346. The van der Waals surface area contributed by atoms with Gasteiger partial charge in [0, 0.05) is 31.9 Å². The lowest BCUT2D eigenvalue weighted by Gasteiger charge is -2.06. The van der Waals surface area contributed by atoms with Gasteiger partial charge in [-0.25, -0.2) is 0 Å². The molecule has 2 heteroatoms. The molecule has 2 aromatic heterocycles. The summed E-state index contributed by atoms with van der Waals surface area (Å²) >= 11 is 1.87. The second-order valence-corrected chi connectivity index (χ2v) is 7.13. The van der Waals surface area contributed by atoms with Gasteiger partial charge in [0.15, 0.2) is 0 Å². The summed E-state index contributed by atoms with van der Waals surface area (Å²) in [6.45, 7) is 0. The SMILES string of the molecule is c1ccc(-c2ccc(-c3cccc4c3sc3ccccc34)cc2)nc1. The highest BCUT2D eigenvalue weighted by Crippen LogP contribution is 2.39. The van der Waals surface area contributed by atoms with Crippen molar-refractivity contribution in [1.82, 2.24) is 4.98 Å². The Morgan fingerprint density at radius 1 is 0.600 bits per heavy atom. The zero-order valence-electron chi connectivity index (χ0n) is 13.5. The van der Waals surface area contributed by atoms with Crippen molar-refractivity contribution in [2.24, 2.45) is 0 Å². The van der Waals surface area contributed by atoms with E-state index in [1.165, 1.54) is 31.3 Å². The van der Waals surface area contributed by atoms with E-state index in [2.05, 4.69) is 71.7 Å². The second-order valence-electron chi connectivity index (χ2n) is 6.07. The van der Waals surface area contributed by atoms with Crippen molar-refractivity contribution in [3.05, 3.63) is 91.1 Å². The zero-order valence-corrected chi connectivity index (χ0v) is 14.3. The summed E-state index contributed by atoms with van der Waals surface area (Å²) < 4.78 is 2.70. The smallest absolute Gasteiger partial charge is 0.0701 e. The number of fused-ring (bicyclic) bond motifs is 3. The number of pyridine rings is 1. The fraction of sp³-hybridized carbons (Fsp3) is 0. The lowest BCUT2D eigenvalue weighted by atomic mass is 10.0. The zero-order chi connectivity index (χ0) is 16.6. The predicted molar refractivity (Wildman–Crippen MR) is 108 cm³/mol. The Bertz CT molecular complexity index is 1170. The highest BCUT2D eigenvalue weighted by Gasteiger charge is 2.10. The van der Waals surface area contributed by atoms with Gasteiger partial charge in [-0.1, -0.05) is 66.7 Å². The Balaban J connectivity index is 1.66. The van der Waals surface area contributed by atoms with Gasteiger partial charge in [0.25, 0.3) is 0 Å². The largest absolute Gasteiger partial charge is 0.256 e. The maximum absolute atomic E-state index is 4.43. The predicted octanol–water partition coefficient (Wildman–Crippen LogP) is 6.78. The number of aromatic nitrogens is 1. The number of nitrogens with zero attached hydrogens (tertiary/aromatic N) is 1. The van der Waals surface area contributed by atoms with E-state index in [9.17, 15) is 0 Å². The van der Waals surface area contributed by atoms with E-state index in [-0.39, 0.29) is 0 Å². The molecule has 0 spiro atoms. The molecule has 0 atom stereocenters. The van der Waals surface area contributed by atoms with E-state index < -0.39 is 0 Å². The molecule has 0 fully saturated rings. The molecule has 0 saturated heterocycles. The number of hydrogen-bond donors (Lipinski definition) is 0. The van der Waals surface area contributed by atoms with Crippen LogP contribution in [-0.4, -0.2) is 4.98 Å². The van der Waals surface area contributed by atoms with Gasteiger partial charge in [0.2, 0.25) is 0 Å². The minimum Gasteiger partial charge on any atom is -0.256 e. The first-order chi connectivity index (χ1) is 12.4. The minimum atomic E-state index is 1.01. The fourth-order valence-electron chi connectivity index (χ4n) is 3.33. The molecule has 0 amide bonds. The molecule has 5 aromatic rings. The normalized spacial score (nSPS) is 11.2. The van der Waals surface area contributed by atoms with Crippen LogP contribution in [0.15, 0.2) is 91.1 Å². The van der Waals surface area contributed by atoms with E-state index in [1.807, 2.05) is 35.7 Å². The van der Waals surface area contributed by atoms with Crippen LogP contribution in [0.4, 0.5) is 0 Å². The van der Waals surface area contributed by atoms with E-state index in [4.69, 9.17) is 0 Å².